The molecule has 3 N–H and O–H groups in total. The number of halogens is 3. The summed E-state index contributed by atoms with van der Waals surface area (Å²) < 4.78 is 49.1. The zero-order chi connectivity index (χ0) is 14.6. The summed E-state index contributed by atoms with van der Waals surface area (Å²) >= 11 is 0. The second-order valence-corrected chi connectivity index (χ2v) is 5.35. The van der Waals surface area contributed by atoms with Crippen molar-refractivity contribution in [2.45, 2.75) is 23.6 Å². The Balaban J connectivity index is 2.75. The molecule has 0 radical (unpaired) electrons. The fourth-order valence-corrected chi connectivity index (χ4v) is 2.45. The Kier molecular flexibility index (Phi) is 5.07. The van der Waals surface area contributed by atoms with Crippen molar-refractivity contribution >= 4 is 16.7 Å². The van der Waals surface area contributed by atoms with Crippen molar-refractivity contribution in [1.29, 1.82) is 0 Å². The molecule has 0 aliphatic heterocycles. The molecule has 0 heterocycles. The number of hydrogen-bond acceptors (Lipinski definition) is 3. The van der Waals surface area contributed by atoms with E-state index in [1.165, 1.54) is 6.07 Å². The standard InChI is InChI=1S/C11H12F3NO3S/c12-11(13,14)7-2-1-3-8(6-7)19(18)5-4-9(16)10(15)17/h1-3,6,9,16H,4-5H2,(H2,15,17)/t9-,19?/m1/s1. The summed E-state index contributed by atoms with van der Waals surface area (Å²) in [5.41, 5.74) is 3.91. The number of hydrogen-bond donors (Lipinski definition) is 2. The first-order valence-electron chi connectivity index (χ1n) is 5.25. The van der Waals surface area contributed by atoms with Gasteiger partial charge in [-0.05, 0) is 24.6 Å². The van der Waals surface area contributed by atoms with Gasteiger partial charge in [0.05, 0.1) is 16.4 Å². The topological polar surface area (TPSA) is 80.4 Å². The summed E-state index contributed by atoms with van der Waals surface area (Å²) in [5, 5.41) is 9.12. The lowest BCUT2D eigenvalue weighted by Crippen LogP contribution is -2.29. The predicted molar refractivity (Wildman–Crippen MR) is 62.5 cm³/mol. The third-order valence-electron chi connectivity index (χ3n) is 2.33. The molecule has 0 bridgehead atoms. The molecule has 0 fully saturated rings. The number of aliphatic hydroxyl groups is 1. The predicted octanol–water partition coefficient (Wildman–Crippen LogP) is 1.05. The first kappa shape index (κ1) is 15.6. The molecule has 1 rings (SSSR count). The molecule has 0 aliphatic rings. The van der Waals surface area contributed by atoms with Crippen LogP contribution < -0.4 is 5.73 Å². The molecule has 1 amide bonds. The molecule has 1 aromatic carbocycles. The summed E-state index contributed by atoms with van der Waals surface area (Å²) in [7, 11) is -1.73. The Morgan fingerprint density at radius 3 is 2.58 bits per heavy atom. The van der Waals surface area contributed by atoms with Gasteiger partial charge in [-0.1, -0.05) is 6.07 Å². The normalized spacial score (nSPS) is 14.9. The van der Waals surface area contributed by atoms with Crippen molar-refractivity contribution in [3.63, 3.8) is 0 Å². The van der Waals surface area contributed by atoms with Crippen molar-refractivity contribution in [3.8, 4) is 0 Å². The molecule has 0 saturated carbocycles. The number of rotatable bonds is 5. The smallest absolute Gasteiger partial charge is 0.383 e. The lowest BCUT2D eigenvalue weighted by molar-refractivity contribution is -0.137. The van der Waals surface area contributed by atoms with Crippen molar-refractivity contribution in [1.82, 2.24) is 0 Å². The van der Waals surface area contributed by atoms with E-state index in [4.69, 9.17) is 10.8 Å². The van der Waals surface area contributed by atoms with E-state index in [1.54, 1.807) is 0 Å². The van der Waals surface area contributed by atoms with E-state index in [9.17, 15) is 22.2 Å². The molecule has 106 valence electrons. The van der Waals surface area contributed by atoms with Gasteiger partial charge in [-0.15, -0.1) is 0 Å². The highest BCUT2D eigenvalue weighted by atomic mass is 32.2. The number of nitrogens with two attached hydrogens (primary N) is 1. The van der Waals surface area contributed by atoms with Crippen molar-refractivity contribution in [2.75, 3.05) is 5.75 Å². The molecular weight excluding hydrogens is 283 g/mol. The van der Waals surface area contributed by atoms with Crippen LogP contribution in [0.25, 0.3) is 0 Å². The number of aliphatic hydroxyl groups excluding tert-OH is 1. The van der Waals surface area contributed by atoms with E-state index in [0.29, 0.717) is 0 Å². The van der Waals surface area contributed by atoms with E-state index < -0.39 is 34.6 Å². The average molecular weight is 295 g/mol. The summed E-state index contributed by atoms with van der Waals surface area (Å²) in [4.78, 5) is 10.6. The van der Waals surface area contributed by atoms with Gasteiger partial charge in [0, 0.05) is 10.6 Å². The number of primary amides is 1. The molecule has 0 saturated heterocycles. The molecule has 0 aromatic heterocycles. The third-order valence-corrected chi connectivity index (χ3v) is 3.72. The first-order chi connectivity index (χ1) is 8.71. The summed E-state index contributed by atoms with van der Waals surface area (Å²) in [6, 6.07) is 4.11. The van der Waals surface area contributed by atoms with Gasteiger partial charge in [-0.2, -0.15) is 13.2 Å². The van der Waals surface area contributed by atoms with E-state index in [1.807, 2.05) is 0 Å². The van der Waals surface area contributed by atoms with Crippen LogP contribution in [0.2, 0.25) is 0 Å². The van der Waals surface area contributed by atoms with Gasteiger partial charge in [0.2, 0.25) is 5.91 Å². The monoisotopic (exact) mass is 295 g/mol. The van der Waals surface area contributed by atoms with E-state index in [0.717, 1.165) is 18.2 Å². The Morgan fingerprint density at radius 1 is 1.42 bits per heavy atom. The number of alkyl halides is 3. The number of amides is 1. The Hall–Kier alpha value is -1.41. The van der Waals surface area contributed by atoms with Gasteiger partial charge in [-0.25, -0.2) is 0 Å². The fourth-order valence-electron chi connectivity index (χ4n) is 1.29. The van der Waals surface area contributed by atoms with Gasteiger partial charge in [0.1, 0.15) is 6.10 Å². The zero-order valence-corrected chi connectivity index (χ0v) is 10.5. The fraction of sp³-hybridized carbons (Fsp3) is 0.364. The molecule has 2 atom stereocenters. The number of carbonyl (C=O) groups excluding carboxylic acids is 1. The second kappa shape index (κ2) is 6.16. The van der Waals surface area contributed by atoms with Gasteiger partial charge >= 0.3 is 6.18 Å². The molecular formula is C11H12F3NO3S. The molecule has 1 aromatic rings. The minimum Gasteiger partial charge on any atom is -0.383 e. The zero-order valence-electron chi connectivity index (χ0n) is 9.68. The lowest BCUT2D eigenvalue weighted by atomic mass is 10.2. The van der Waals surface area contributed by atoms with Gasteiger partial charge in [-0.3, -0.25) is 9.00 Å². The highest BCUT2D eigenvalue weighted by molar-refractivity contribution is 7.85. The van der Waals surface area contributed by atoms with Crippen molar-refractivity contribution in [2.24, 2.45) is 5.73 Å². The van der Waals surface area contributed by atoms with Crippen LogP contribution in [-0.4, -0.2) is 27.1 Å². The highest BCUT2D eigenvalue weighted by Gasteiger charge is 2.30. The Labute approximate surface area is 109 Å². The van der Waals surface area contributed by atoms with Crippen LogP contribution in [0.5, 0.6) is 0 Å². The minimum atomic E-state index is -4.51. The number of carbonyl (C=O) groups is 1. The highest BCUT2D eigenvalue weighted by Crippen LogP contribution is 2.30. The molecule has 0 spiro atoms. The first-order valence-corrected chi connectivity index (χ1v) is 6.56. The van der Waals surface area contributed by atoms with Crippen LogP contribution in [0.1, 0.15) is 12.0 Å². The summed E-state index contributed by atoms with van der Waals surface area (Å²) in [6.07, 6.45) is -6.12. The summed E-state index contributed by atoms with van der Waals surface area (Å²) in [6.45, 7) is 0. The maximum Gasteiger partial charge on any atom is 0.416 e. The molecule has 8 heteroatoms. The maximum absolute atomic E-state index is 12.5. The van der Waals surface area contributed by atoms with Crippen molar-refractivity contribution < 1.29 is 27.3 Å². The van der Waals surface area contributed by atoms with Crippen LogP contribution in [0.4, 0.5) is 13.2 Å². The third kappa shape index (κ3) is 4.64. The van der Waals surface area contributed by atoms with Crippen LogP contribution in [-0.2, 0) is 21.8 Å². The average Bonchev–Trinajstić information content (AvgIpc) is 2.34. The molecule has 19 heavy (non-hydrogen) atoms. The maximum atomic E-state index is 12.5. The van der Waals surface area contributed by atoms with Crippen LogP contribution >= 0.6 is 0 Å². The quantitative estimate of drug-likeness (QED) is 0.852. The van der Waals surface area contributed by atoms with Crippen LogP contribution in [0.15, 0.2) is 29.2 Å². The SMILES string of the molecule is NC(=O)[C@H](O)CCS(=O)c1cccc(C(F)(F)F)c1. The molecule has 0 aliphatic carbocycles. The summed E-state index contributed by atoms with van der Waals surface area (Å²) in [5.74, 6) is -1.10. The largest absolute Gasteiger partial charge is 0.416 e. The molecule has 4 nitrogen and oxygen atoms in total. The second-order valence-electron chi connectivity index (χ2n) is 3.78. The molecule has 1 unspecified atom stereocenters. The lowest BCUT2D eigenvalue weighted by Gasteiger charge is -2.09. The Morgan fingerprint density at radius 2 is 2.05 bits per heavy atom. The Bertz CT molecular complexity index is 490. The minimum absolute atomic E-state index is 0.00787. The van der Waals surface area contributed by atoms with E-state index >= 15 is 0 Å². The van der Waals surface area contributed by atoms with E-state index in [-0.39, 0.29) is 17.1 Å². The van der Waals surface area contributed by atoms with Gasteiger partial charge in [0.15, 0.2) is 0 Å². The number of benzene rings is 1. The van der Waals surface area contributed by atoms with E-state index in [2.05, 4.69) is 0 Å². The van der Waals surface area contributed by atoms with Crippen LogP contribution in [0, 0.1) is 0 Å². The van der Waals surface area contributed by atoms with Gasteiger partial charge < -0.3 is 10.8 Å². The van der Waals surface area contributed by atoms with Crippen molar-refractivity contribution in [3.05, 3.63) is 29.8 Å². The van der Waals surface area contributed by atoms with Gasteiger partial charge in [0.25, 0.3) is 0 Å². The van der Waals surface area contributed by atoms with Crippen LogP contribution in [0.3, 0.4) is 0 Å².